The van der Waals surface area contributed by atoms with Crippen molar-refractivity contribution in [1.82, 2.24) is 15.1 Å². The van der Waals surface area contributed by atoms with Gasteiger partial charge in [0, 0.05) is 25.0 Å². The molecule has 3 nitrogen and oxygen atoms in total. The summed E-state index contributed by atoms with van der Waals surface area (Å²) in [4.78, 5) is 0. The minimum atomic E-state index is 0.751. The molecular formula is C16H21N3. The van der Waals surface area contributed by atoms with Gasteiger partial charge in [0.1, 0.15) is 0 Å². The van der Waals surface area contributed by atoms with Gasteiger partial charge in [0.15, 0.2) is 0 Å². The molecule has 0 unspecified atom stereocenters. The van der Waals surface area contributed by atoms with Gasteiger partial charge in [0.25, 0.3) is 0 Å². The van der Waals surface area contributed by atoms with Crippen LogP contribution in [-0.4, -0.2) is 15.8 Å². The fourth-order valence-electron chi connectivity index (χ4n) is 3.26. The van der Waals surface area contributed by atoms with Crippen LogP contribution in [0.5, 0.6) is 0 Å². The molecule has 1 N–H and O–H groups in total. The maximum absolute atomic E-state index is 4.68. The van der Waals surface area contributed by atoms with Gasteiger partial charge in [-0.2, -0.15) is 5.10 Å². The van der Waals surface area contributed by atoms with Crippen molar-refractivity contribution in [3.63, 3.8) is 0 Å². The molecule has 0 aliphatic heterocycles. The summed E-state index contributed by atoms with van der Waals surface area (Å²) in [6, 6.07) is 9.26. The van der Waals surface area contributed by atoms with E-state index in [1.807, 2.05) is 11.7 Å². The molecule has 2 aliphatic carbocycles. The third-order valence-electron chi connectivity index (χ3n) is 4.60. The number of rotatable bonds is 5. The van der Waals surface area contributed by atoms with E-state index in [0.29, 0.717) is 0 Å². The normalized spacial score (nSPS) is 19.5. The molecule has 0 amide bonds. The van der Waals surface area contributed by atoms with Crippen LogP contribution in [-0.2, 0) is 13.6 Å². The standard InChI is InChI=1S/C16H21N3/c1-19-15-5-3-2-4-13(15)14(18-19)10-17-16(11-6-7-11)12-8-9-12/h2-5,11-12,16-17H,6-10H2,1H3. The van der Waals surface area contributed by atoms with Crippen LogP contribution in [0.2, 0.25) is 0 Å². The summed E-state index contributed by atoms with van der Waals surface area (Å²) in [5.41, 5.74) is 2.43. The Hall–Kier alpha value is -1.35. The van der Waals surface area contributed by atoms with Gasteiger partial charge in [0.05, 0.1) is 11.2 Å². The number of benzene rings is 1. The Morgan fingerprint density at radius 2 is 1.89 bits per heavy atom. The molecule has 1 aromatic heterocycles. The lowest BCUT2D eigenvalue weighted by molar-refractivity contribution is 0.413. The number of para-hydroxylation sites is 1. The van der Waals surface area contributed by atoms with Crippen molar-refractivity contribution in [2.45, 2.75) is 38.3 Å². The second kappa shape index (κ2) is 4.34. The lowest BCUT2D eigenvalue weighted by Crippen LogP contribution is -2.32. The zero-order valence-corrected chi connectivity index (χ0v) is 11.5. The third kappa shape index (κ3) is 2.16. The molecule has 1 aromatic carbocycles. The van der Waals surface area contributed by atoms with E-state index in [-0.39, 0.29) is 0 Å². The number of aryl methyl sites for hydroxylation is 1. The highest BCUT2D eigenvalue weighted by Gasteiger charge is 2.41. The van der Waals surface area contributed by atoms with Crippen LogP contribution in [0.15, 0.2) is 24.3 Å². The summed E-state index contributed by atoms with van der Waals surface area (Å²) in [6.07, 6.45) is 5.71. The molecule has 3 heteroatoms. The summed E-state index contributed by atoms with van der Waals surface area (Å²) < 4.78 is 2.00. The fourth-order valence-corrected chi connectivity index (χ4v) is 3.26. The zero-order chi connectivity index (χ0) is 12.8. The Labute approximate surface area is 114 Å². The van der Waals surface area contributed by atoms with Gasteiger partial charge in [-0.25, -0.2) is 0 Å². The topological polar surface area (TPSA) is 29.9 Å². The van der Waals surface area contributed by atoms with Crippen LogP contribution >= 0.6 is 0 Å². The predicted octanol–water partition coefficient (Wildman–Crippen LogP) is 2.85. The zero-order valence-electron chi connectivity index (χ0n) is 11.5. The monoisotopic (exact) mass is 255 g/mol. The van der Waals surface area contributed by atoms with Crippen molar-refractivity contribution in [2.24, 2.45) is 18.9 Å². The number of hydrogen-bond acceptors (Lipinski definition) is 2. The molecule has 0 bridgehead atoms. The lowest BCUT2D eigenvalue weighted by Gasteiger charge is -2.16. The molecule has 0 radical (unpaired) electrons. The van der Waals surface area contributed by atoms with E-state index in [0.717, 1.165) is 24.4 Å². The molecule has 4 rings (SSSR count). The van der Waals surface area contributed by atoms with Gasteiger partial charge in [-0.05, 0) is 43.6 Å². The second-order valence-corrected chi connectivity index (χ2v) is 6.17. The van der Waals surface area contributed by atoms with Crippen LogP contribution in [0.1, 0.15) is 31.4 Å². The van der Waals surface area contributed by atoms with E-state index < -0.39 is 0 Å². The van der Waals surface area contributed by atoms with E-state index >= 15 is 0 Å². The fraction of sp³-hybridized carbons (Fsp3) is 0.562. The predicted molar refractivity (Wildman–Crippen MR) is 76.8 cm³/mol. The first-order valence-electron chi connectivity index (χ1n) is 7.47. The van der Waals surface area contributed by atoms with Gasteiger partial charge in [-0.15, -0.1) is 0 Å². The SMILES string of the molecule is Cn1nc(CNC(C2CC2)C2CC2)c2ccccc21. The molecule has 2 fully saturated rings. The Bertz CT molecular complexity index is 581. The van der Waals surface area contributed by atoms with Crippen molar-refractivity contribution in [3.8, 4) is 0 Å². The van der Waals surface area contributed by atoms with Crippen molar-refractivity contribution < 1.29 is 0 Å². The quantitative estimate of drug-likeness (QED) is 0.890. The lowest BCUT2D eigenvalue weighted by atomic mass is 10.1. The van der Waals surface area contributed by atoms with Crippen molar-refractivity contribution >= 4 is 10.9 Å². The van der Waals surface area contributed by atoms with Crippen LogP contribution in [0.4, 0.5) is 0 Å². The Morgan fingerprint density at radius 1 is 1.21 bits per heavy atom. The van der Waals surface area contributed by atoms with Crippen molar-refractivity contribution in [1.29, 1.82) is 0 Å². The average molecular weight is 255 g/mol. The molecule has 19 heavy (non-hydrogen) atoms. The molecule has 2 aromatic rings. The average Bonchev–Trinajstić information content (AvgIpc) is 3.32. The molecule has 2 aliphatic rings. The first-order valence-corrected chi connectivity index (χ1v) is 7.47. The molecule has 100 valence electrons. The van der Waals surface area contributed by atoms with E-state index in [4.69, 9.17) is 0 Å². The molecule has 2 saturated carbocycles. The van der Waals surface area contributed by atoms with Crippen LogP contribution in [0.25, 0.3) is 10.9 Å². The van der Waals surface area contributed by atoms with Gasteiger partial charge < -0.3 is 5.32 Å². The number of fused-ring (bicyclic) bond motifs is 1. The van der Waals surface area contributed by atoms with E-state index in [2.05, 4.69) is 34.7 Å². The minimum absolute atomic E-state index is 0.751. The van der Waals surface area contributed by atoms with Crippen LogP contribution < -0.4 is 5.32 Å². The summed E-state index contributed by atoms with van der Waals surface area (Å²) >= 11 is 0. The van der Waals surface area contributed by atoms with Crippen LogP contribution in [0.3, 0.4) is 0 Å². The number of nitrogens with zero attached hydrogens (tertiary/aromatic N) is 2. The molecule has 0 atom stereocenters. The summed E-state index contributed by atoms with van der Waals surface area (Å²) in [5.74, 6) is 1.89. The van der Waals surface area contributed by atoms with Gasteiger partial charge in [-0.1, -0.05) is 18.2 Å². The smallest absolute Gasteiger partial charge is 0.0841 e. The van der Waals surface area contributed by atoms with Gasteiger partial charge in [0.2, 0.25) is 0 Å². The molecular weight excluding hydrogens is 234 g/mol. The van der Waals surface area contributed by atoms with Crippen molar-refractivity contribution in [3.05, 3.63) is 30.0 Å². The Morgan fingerprint density at radius 3 is 2.58 bits per heavy atom. The van der Waals surface area contributed by atoms with E-state index in [1.54, 1.807) is 0 Å². The first kappa shape index (κ1) is 11.5. The minimum Gasteiger partial charge on any atom is -0.308 e. The maximum atomic E-state index is 4.68. The van der Waals surface area contributed by atoms with Crippen LogP contribution in [0, 0.1) is 11.8 Å². The summed E-state index contributed by atoms with van der Waals surface area (Å²) in [6.45, 7) is 0.916. The number of aromatic nitrogens is 2. The van der Waals surface area contributed by atoms with E-state index in [1.165, 1.54) is 42.3 Å². The summed E-state index contributed by atoms with van der Waals surface area (Å²) in [7, 11) is 2.03. The first-order chi connectivity index (χ1) is 9.33. The van der Waals surface area contributed by atoms with Gasteiger partial charge >= 0.3 is 0 Å². The second-order valence-electron chi connectivity index (χ2n) is 6.17. The largest absolute Gasteiger partial charge is 0.308 e. The van der Waals surface area contributed by atoms with Crippen molar-refractivity contribution in [2.75, 3.05) is 0 Å². The highest BCUT2D eigenvalue weighted by atomic mass is 15.3. The summed E-state index contributed by atoms with van der Waals surface area (Å²) in [5, 5.41) is 9.76. The van der Waals surface area contributed by atoms with E-state index in [9.17, 15) is 0 Å². The molecule has 0 saturated heterocycles. The number of nitrogens with one attached hydrogen (secondary N) is 1. The highest BCUT2D eigenvalue weighted by molar-refractivity contribution is 5.81. The van der Waals surface area contributed by atoms with Gasteiger partial charge in [-0.3, -0.25) is 4.68 Å². The third-order valence-corrected chi connectivity index (χ3v) is 4.60. The maximum Gasteiger partial charge on any atom is 0.0841 e. The number of hydrogen-bond donors (Lipinski definition) is 1. The molecule has 1 heterocycles. The Kier molecular flexibility index (Phi) is 2.62. The Balaban J connectivity index is 1.54. The molecule has 0 spiro atoms. The highest BCUT2D eigenvalue weighted by Crippen LogP contribution is 2.44.